The predicted octanol–water partition coefficient (Wildman–Crippen LogP) is 5.08. The Hall–Kier alpha value is -4.01. The fraction of sp³-hybridized carbons (Fsp3) is 0.400. The van der Waals surface area contributed by atoms with E-state index in [-0.39, 0.29) is 35.2 Å². The number of carbonyl (C=O) groups is 1. The average molecular weight is 573 g/mol. The van der Waals surface area contributed by atoms with Crippen molar-refractivity contribution in [3.63, 3.8) is 0 Å². The highest BCUT2D eigenvalue weighted by atomic mass is 19.4. The fourth-order valence-electron chi connectivity index (χ4n) is 4.15. The predicted molar refractivity (Wildman–Crippen MR) is 134 cm³/mol. The van der Waals surface area contributed by atoms with E-state index < -0.39 is 30.8 Å². The van der Waals surface area contributed by atoms with E-state index in [2.05, 4.69) is 24.9 Å². The van der Waals surface area contributed by atoms with E-state index in [1.165, 1.54) is 36.5 Å². The number of hydrogen-bond acceptors (Lipinski definition) is 8. The molecular formula is C25H26F6N6O3. The van der Waals surface area contributed by atoms with Crippen LogP contribution in [0, 0.1) is 0 Å². The number of nitrogens with zero attached hydrogens (tertiary/aromatic N) is 5. The average Bonchev–Trinajstić information content (AvgIpc) is 3.27. The maximum absolute atomic E-state index is 13.3. The molecule has 40 heavy (non-hydrogen) atoms. The molecule has 1 aliphatic rings. The number of likely N-dealkylation sites (N-methyl/N-ethyl adjacent to an activating group) is 1. The summed E-state index contributed by atoms with van der Waals surface area (Å²) < 4.78 is 89.0. The highest BCUT2D eigenvalue weighted by Crippen LogP contribution is 2.36. The summed E-state index contributed by atoms with van der Waals surface area (Å²) in [4.78, 5) is 24.5. The molecule has 0 atom stereocenters. The number of ether oxygens (including phenoxy) is 2. The number of alkyl halides is 6. The van der Waals surface area contributed by atoms with E-state index >= 15 is 0 Å². The van der Waals surface area contributed by atoms with Crippen LogP contribution in [-0.2, 0) is 11.3 Å². The summed E-state index contributed by atoms with van der Waals surface area (Å²) in [6.07, 6.45) is -7.35. The molecule has 216 valence electrons. The minimum atomic E-state index is -4.98. The third kappa shape index (κ3) is 7.55. The van der Waals surface area contributed by atoms with Gasteiger partial charge in [-0.2, -0.15) is 13.2 Å². The lowest BCUT2D eigenvalue weighted by atomic mass is 10.2. The molecule has 0 aliphatic carbocycles. The van der Waals surface area contributed by atoms with Crippen molar-refractivity contribution in [1.82, 2.24) is 19.4 Å². The van der Waals surface area contributed by atoms with Crippen molar-refractivity contribution >= 4 is 23.3 Å². The third-order valence-electron chi connectivity index (χ3n) is 5.98. The Balaban J connectivity index is 1.69. The molecule has 9 nitrogen and oxygen atoms in total. The topological polar surface area (TPSA) is 84.8 Å². The number of halogens is 6. The maximum Gasteiger partial charge on any atom is 0.573 e. The molecule has 1 aliphatic heterocycles. The van der Waals surface area contributed by atoms with Gasteiger partial charge in [-0.25, -0.2) is 14.8 Å². The van der Waals surface area contributed by atoms with Gasteiger partial charge in [0.25, 0.3) is 0 Å². The monoisotopic (exact) mass is 572 g/mol. The Morgan fingerprint density at radius 3 is 2.42 bits per heavy atom. The van der Waals surface area contributed by atoms with E-state index in [9.17, 15) is 31.1 Å². The number of piperazine rings is 1. The smallest absolute Gasteiger partial charge is 0.462 e. The first-order chi connectivity index (χ1) is 18.8. The second-order valence-electron chi connectivity index (χ2n) is 8.99. The van der Waals surface area contributed by atoms with Crippen LogP contribution in [0.25, 0.3) is 11.4 Å². The van der Waals surface area contributed by atoms with Gasteiger partial charge >= 0.3 is 18.5 Å². The Morgan fingerprint density at radius 2 is 1.77 bits per heavy atom. The van der Waals surface area contributed by atoms with Crippen molar-refractivity contribution in [1.29, 1.82) is 0 Å². The van der Waals surface area contributed by atoms with E-state index in [0.717, 1.165) is 23.9 Å². The molecule has 4 rings (SSSR count). The van der Waals surface area contributed by atoms with Crippen LogP contribution in [-0.4, -0.2) is 77.8 Å². The molecule has 1 aromatic carbocycles. The number of carbonyl (C=O) groups excluding carboxylic acids is 1. The zero-order valence-electron chi connectivity index (χ0n) is 21.5. The van der Waals surface area contributed by atoms with Crippen molar-refractivity contribution in [2.45, 2.75) is 26.0 Å². The molecule has 0 saturated carbocycles. The molecule has 0 spiro atoms. The molecule has 0 radical (unpaired) electrons. The number of rotatable bonds is 8. The van der Waals surface area contributed by atoms with Crippen LogP contribution in [0.1, 0.15) is 17.3 Å². The fourth-order valence-corrected chi connectivity index (χ4v) is 4.15. The molecule has 3 heterocycles. The summed E-state index contributed by atoms with van der Waals surface area (Å²) in [5, 5.41) is 2.70. The van der Waals surface area contributed by atoms with Gasteiger partial charge in [-0.1, -0.05) is 0 Å². The molecule has 1 fully saturated rings. The summed E-state index contributed by atoms with van der Waals surface area (Å²) in [6, 6.07) is 6.66. The number of esters is 1. The van der Waals surface area contributed by atoms with Gasteiger partial charge < -0.3 is 29.2 Å². The van der Waals surface area contributed by atoms with Crippen molar-refractivity contribution in [2.24, 2.45) is 0 Å². The van der Waals surface area contributed by atoms with Gasteiger partial charge in [0.05, 0.1) is 29.2 Å². The van der Waals surface area contributed by atoms with Gasteiger partial charge in [-0.3, -0.25) is 0 Å². The third-order valence-corrected chi connectivity index (χ3v) is 5.98. The Bertz CT molecular complexity index is 1340. The van der Waals surface area contributed by atoms with Gasteiger partial charge in [0.1, 0.15) is 6.54 Å². The Labute approximate surface area is 225 Å². The zero-order valence-corrected chi connectivity index (χ0v) is 21.5. The summed E-state index contributed by atoms with van der Waals surface area (Å²) in [5.74, 6) is -1.55. The van der Waals surface area contributed by atoms with E-state index in [0.29, 0.717) is 18.8 Å². The van der Waals surface area contributed by atoms with Crippen LogP contribution in [0.2, 0.25) is 0 Å². The van der Waals surface area contributed by atoms with Gasteiger partial charge in [0.2, 0.25) is 5.95 Å². The summed E-state index contributed by atoms with van der Waals surface area (Å²) in [7, 11) is 1.97. The standard InChI is InChI=1S/C25H26F6N6O3/c1-3-39-22(38)16-12-20(37(14-16)15-24(26,27)28)18-6-7-32-23(33-18)34-19-13-17(36-10-8-35(2)9-11-36)4-5-21(19)40-25(29,30)31/h4-7,12-14H,3,8-11,15H2,1-2H3,(H,32,33,34). The second-order valence-corrected chi connectivity index (χ2v) is 8.99. The van der Waals surface area contributed by atoms with Crippen LogP contribution < -0.4 is 15.0 Å². The number of hydrogen-bond donors (Lipinski definition) is 1. The highest BCUT2D eigenvalue weighted by Gasteiger charge is 2.33. The number of aromatic nitrogens is 3. The van der Waals surface area contributed by atoms with Crippen LogP contribution in [0.4, 0.5) is 43.7 Å². The minimum Gasteiger partial charge on any atom is -0.462 e. The van der Waals surface area contributed by atoms with Gasteiger partial charge in [-0.05, 0) is 44.3 Å². The molecule has 0 bridgehead atoms. The largest absolute Gasteiger partial charge is 0.573 e. The van der Waals surface area contributed by atoms with E-state index in [4.69, 9.17) is 4.74 Å². The van der Waals surface area contributed by atoms with Crippen LogP contribution in [0.15, 0.2) is 42.7 Å². The minimum absolute atomic E-state index is 0.00851. The molecule has 3 aromatic rings. The molecule has 1 saturated heterocycles. The molecule has 0 amide bonds. The number of anilines is 3. The highest BCUT2D eigenvalue weighted by molar-refractivity contribution is 5.91. The SMILES string of the molecule is CCOC(=O)c1cc(-c2ccnc(Nc3cc(N4CCN(C)CC4)ccc3OC(F)(F)F)n2)n(CC(F)(F)F)c1. The number of nitrogens with one attached hydrogen (secondary N) is 1. The van der Waals surface area contributed by atoms with E-state index in [1.807, 2.05) is 11.9 Å². The Kier molecular flexibility index (Phi) is 8.42. The van der Waals surface area contributed by atoms with Gasteiger partial charge in [-0.15, -0.1) is 13.2 Å². The molecule has 2 aromatic heterocycles. The normalized spacial score (nSPS) is 14.8. The van der Waals surface area contributed by atoms with Crippen molar-refractivity contribution in [2.75, 3.05) is 50.1 Å². The van der Waals surface area contributed by atoms with Crippen molar-refractivity contribution < 1.29 is 40.6 Å². The van der Waals surface area contributed by atoms with Gasteiger partial charge in [0.15, 0.2) is 5.75 Å². The van der Waals surface area contributed by atoms with Crippen molar-refractivity contribution in [3.8, 4) is 17.1 Å². The van der Waals surface area contributed by atoms with Gasteiger partial charge in [0, 0.05) is 44.3 Å². The Morgan fingerprint density at radius 1 is 1.05 bits per heavy atom. The summed E-state index contributed by atoms with van der Waals surface area (Å²) in [5.41, 5.74) is 0.354. The van der Waals surface area contributed by atoms with Crippen molar-refractivity contribution in [3.05, 3.63) is 48.3 Å². The number of benzene rings is 1. The zero-order chi connectivity index (χ0) is 29.1. The molecule has 15 heteroatoms. The van der Waals surface area contributed by atoms with E-state index in [1.54, 1.807) is 6.92 Å². The lowest BCUT2D eigenvalue weighted by Crippen LogP contribution is -2.44. The molecule has 0 unspecified atom stereocenters. The summed E-state index contributed by atoms with van der Waals surface area (Å²) in [6.45, 7) is 3.01. The van der Waals surface area contributed by atoms with Crippen LogP contribution >= 0.6 is 0 Å². The molecular weight excluding hydrogens is 546 g/mol. The van der Waals surface area contributed by atoms with Crippen LogP contribution in [0.5, 0.6) is 5.75 Å². The molecule has 1 N–H and O–H groups in total. The quantitative estimate of drug-likeness (QED) is 0.296. The maximum atomic E-state index is 13.3. The second kappa shape index (κ2) is 11.6. The first-order valence-corrected chi connectivity index (χ1v) is 12.2. The first-order valence-electron chi connectivity index (χ1n) is 12.2. The lowest BCUT2D eigenvalue weighted by Gasteiger charge is -2.34. The lowest BCUT2D eigenvalue weighted by molar-refractivity contribution is -0.274. The summed E-state index contributed by atoms with van der Waals surface area (Å²) >= 11 is 0. The first kappa shape index (κ1) is 29.0. The van der Waals surface area contributed by atoms with Crippen LogP contribution in [0.3, 0.4) is 0 Å².